The summed E-state index contributed by atoms with van der Waals surface area (Å²) in [7, 11) is 0. The Bertz CT molecular complexity index is 673. The molecule has 0 bridgehead atoms. The maximum absolute atomic E-state index is 5.90. The van der Waals surface area contributed by atoms with Gasteiger partial charge in [-0.15, -0.1) is 0 Å². The minimum atomic E-state index is 0.392. The van der Waals surface area contributed by atoms with Crippen LogP contribution in [0.25, 0.3) is 22.5 Å². The summed E-state index contributed by atoms with van der Waals surface area (Å²) < 4.78 is 5.38. The second-order valence-electron chi connectivity index (χ2n) is 3.98. The van der Waals surface area contributed by atoms with Gasteiger partial charge in [-0.1, -0.05) is 11.2 Å². The van der Waals surface area contributed by atoms with Crippen LogP contribution in [0.2, 0.25) is 0 Å². The van der Waals surface area contributed by atoms with Gasteiger partial charge in [0.25, 0.3) is 0 Å². The topological polar surface area (TPSA) is 64.9 Å². The molecule has 0 fully saturated rings. The Morgan fingerprint density at radius 1 is 1.33 bits per heavy atom. The molecule has 5 heteroatoms. The zero-order chi connectivity index (χ0) is 12.5. The molecule has 0 amide bonds. The van der Waals surface area contributed by atoms with Crippen molar-refractivity contribution in [1.82, 2.24) is 10.1 Å². The summed E-state index contributed by atoms with van der Waals surface area (Å²) >= 11 is 1.63. The number of anilines is 1. The van der Waals surface area contributed by atoms with Gasteiger partial charge in [-0.25, -0.2) is 0 Å². The molecular weight excluding hydrogens is 246 g/mol. The standard InChI is InChI=1S/C13H11N3OS/c1-8-6-18-7-10(8)12-11(13(14)16-17-12)9-3-2-4-15-5-9/h2-7H,1H3,(H2,14,16). The largest absolute Gasteiger partial charge is 0.380 e. The average molecular weight is 257 g/mol. The van der Waals surface area contributed by atoms with Crippen molar-refractivity contribution in [2.45, 2.75) is 6.92 Å². The molecule has 0 aliphatic rings. The van der Waals surface area contributed by atoms with Gasteiger partial charge in [-0.2, -0.15) is 11.3 Å². The predicted octanol–water partition coefficient (Wildman–Crippen LogP) is 3.36. The summed E-state index contributed by atoms with van der Waals surface area (Å²) in [6, 6.07) is 3.81. The zero-order valence-electron chi connectivity index (χ0n) is 9.75. The second-order valence-corrected chi connectivity index (χ2v) is 4.73. The van der Waals surface area contributed by atoms with E-state index >= 15 is 0 Å². The maximum Gasteiger partial charge on any atom is 0.178 e. The van der Waals surface area contributed by atoms with Crippen LogP contribution in [0.1, 0.15) is 5.56 Å². The summed E-state index contributed by atoms with van der Waals surface area (Å²) in [5.41, 5.74) is 9.81. The molecule has 3 rings (SSSR count). The van der Waals surface area contributed by atoms with Crippen LogP contribution in [0.4, 0.5) is 5.82 Å². The lowest BCUT2D eigenvalue weighted by Crippen LogP contribution is -1.89. The van der Waals surface area contributed by atoms with Gasteiger partial charge >= 0.3 is 0 Å². The molecule has 3 aromatic heterocycles. The molecule has 0 aliphatic carbocycles. The van der Waals surface area contributed by atoms with Gasteiger partial charge in [-0.05, 0) is 23.9 Å². The fourth-order valence-corrected chi connectivity index (χ4v) is 2.70. The molecule has 3 aromatic rings. The lowest BCUT2D eigenvalue weighted by molar-refractivity contribution is 0.436. The number of pyridine rings is 1. The van der Waals surface area contributed by atoms with Crippen molar-refractivity contribution in [1.29, 1.82) is 0 Å². The molecule has 0 unspecified atom stereocenters. The van der Waals surface area contributed by atoms with E-state index in [9.17, 15) is 0 Å². The van der Waals surface area contributed by atoms with Crippen LogP contribution in [0.5, 0.6) is 0 Å². The van der Waals surface area contributed by atoms with Gasteiger partial charge in [-0.3, -0.25) is 4.98 Å². The van der Waals surface area contributed by atoms with E-state index < -0.39 is 0 Å². The molecular formula is C13H11N3OS. The molecule has 4 nitrogen and oxygen atoms in total. The number of hydrogen-bond donors (Lipinski definition) is 1. The van der Waals surface area contributed by atoms with Crippen molar-refractivity contribution >= 4 is 17.2 Å². The molecule has 0 aromatic carbocycles. The summed E-state index contributed by atoms with van der Waals surface area (Å²) in [4.78, 5) is 4.10. The van der Waals surface area contributed by atoms with E-state index in [2.05, 4.69) is 15.5 Å². The number of aromatic nitrogens is 2. The minimum Gasteiger partial charge on any atom is -0.380 e. The van der Waals surface area contributed by atoms with E-state index in [-0.39, 0.29) is 0 Å². The third kappa shape index (κ3) is 1.69. The Labute approximate surface area is 108 Å². The highest BCUT2D eigenvalue weighted by atomic mass is 32.1. The minimum absolute atomic E-state index is 0.392. The molecule has 0 spiro atoms. The van der Waals surface area contributed by atoms with Crippen LogP contribution < -0.4 is 5.73 Å². The smallest absolute Gasteiger partial charge is 0.178 e. The number of nitrogen functional groups attached to an aromatic ring is 1. The van der Waals surface area contributed by atoms with E-state index in [0.29, 0.717) is 11.6 Å². The van der Waals surface area contributed by atoms with Crippen molar-refractivity contribution < 1.29 is 4.52 Å². The van der Waals surface area contributed by atoms with Crippen molar-refractivity contribution in [3.05, 3.63) is 40.8 Å². The van der Waals surface area contributed by atoms with Crippen LogP contribution in [0.15, 0.2) is 39.8 Å². The van der Waals surface area contributed by atoms with E-state index in [4.69, 9.17) is 10.3 Å². The molecule has 2 N–H and O–H groups in total. The summed E-state index contributed by atoms with van der Waals surface area (Å²) in [6.45, 7) is 2.04. The normalized spacial score (nSPS) is 10.7. The summed E-state index contributed by atoms with van der Waals surface area (Å²) in [5.74, 6) is 1.10. The molecule has 0 atom stereocenters. The van der Waals surface area contributed by atoms with E-state index in [1.54, 1.807) is 23.7 Å². The van der Waals surface area contributed by atoms with Gasteiger partial charge in [0.05, 0.1) is 5.56 Å². The first kappa shape index (κ1) is 11.0. The average Bonchev–Trinajstić information content (AvgIpc) is 2.96. The van der Waals surface area contributed by atoms with Crippen molar-refractivity contribution in [2.75, 3.05) is 5.73 Å². The second kappa shape index (κ2) is 4.27. The quantitative estimate of drug-likeness (QED) is 0.764. The van der Waals surface area contributed by atoms with Crippen LogP contribution in [-0.4, -0.2) is 10.1 Å². The van der Waals surface area contributed by atoms with Gasteiger partial charge in [0, 0.05) is 28.9 Å². The number of thiophene rings is 1. The monoisotopic (exact) mass is 257 g/mol. The zero-order valence-corrected chi connectivity index (χ0v) is 10.6. The molecule has 3 heterocycles. The van der Waals surface area contributed by atoms with E-state index in [1.807, 2.05) is 24.4 Å². The van der Waals surface area contributed by atoms with E-state index in [1.165, 1.54) is 0 Å². The number of nitrogens with zero attached hydrogens (tertiary/aromatic N) is 2. The number of hydrogen-bond acceptors (Lipinski definition) is 5. The van der Waals surface area contributed by atoms with E-state index in [0.717, 1.165) is 22.3 Å². The Hall–Kier alpha value is -2.14. The molecule has 0 saturated heterocycles. The predicted molar refractivity (Wildman–Crippen MR) is 72.2 cm³/mol. The molecule has 0 aliphatic heterocycles. The van der Waals surface area contributed by atoms with Gasteiger partial charge < -0.3 is 10.3 Å². The Kier molecular flexibility index (Phi) is 2.60. The lowest BCUT2D eigenvalue weighted by Gasteiger charge is -2.01. The van der Waals surface area contributed by atoms with Gasteiger partial charge in [0.2, 0.25) is 0 Å². The Morgan fingerprint density at radius 2 is 2.22 bits per heavy atom. The lowest BCUT2D eigenvalue weighted by atomic mass is 10.0. The van der Waals surface area contributed by atoms with Crippen molar-refractivity contribution in [3.8, 4) is 22.5 Å². The third-order valence-electron chi connectivity index (χ3n) is 2.77. The highest BCUT2D eigenvalue weighted by Crippen LogP contribution is 2.38. The summed E-state index contributed by atoms with van der Waals surface area (Å²) in [5, 5.41) is 7.98. The number of rotatable bonds is 2. The Balaban J connectivity index is 2.22. The molecule has 0 radical (unpaired) electrons. The van der Waals surface area contributed by atoms with Crippen molar-refractivity contribution in [2.24, 2.45) is 0 Å². The SMILES string of the molecule is Cc1cscc1-c1onc(N)c1-c1cccnc1. The number of aryl methyl sites for hydroxylation is 1. The fourth-order valence-electron chi connectivity index (χ4n) is 1.87. The summed E-state index contributed by atoms with van der Waals surface area (Å²) in [6.07, 6.45) is 3.48. The first-order valence-corrected chi connectivity index (χ1v) is 6.40. The van der Waals surface area contributed by atoms with Gasteiger partial charge in [0.1, 0.15) is 0 Å². The molecule has 90 valence electrons. The van der Waals surface area contributed by atoms with Crippen LogP contribution in [0.3, 0.4) is 0 Å². The van der Waals surface area contributed by atoms with Crippen molar-refractivity contribution in [3.63, 3.8) is 0 Å². The molecule has 0 saturated carbocycles. The van der Waals surface area contributed by atoms with Gasteiger partial charge in [0.15, 0.2) is 11.6 Å². The molecule has 18 heavy (non-hydrogen) atoms. The maximum atomic E-state index is 5.90. The first-order valence-electron chi connectivity index (χ1n) is 5.46. The van der Waals surface area contributed by atoms with Crippen LogP contribution >= 0.6 is 11.3 Å². The highest BCUT2D eigenvalue weighted by molar-refractivity contribution is 7.08. The number of nitrogens with two attached hydrogens (primary N) is 1. The first-order chi connectivity index (χ1) is 8.77. The van der Waals surface area contributed by atoms with Crippen LogP contribution in [-0.2, 0) is 0 Å². The fraction of sp³-hybridized carbons (Fsp3) is 0.0769. The Morgan fingerprint density at radius 3 is 2.89 bits per heavy atom. The third-order valence-corrected chi connectivity index (χ3v) is 3.63. The highest BCUT2D eigenvalue weighted by Gasteiger charge is 2.19. The van der Waals surface area contributed by atoms with Crippen LogP contribution in [0, 0.1) is 6.92 Å².